The average Bonchev–Trinajstić information content (AvgIpc) is 2.81. The van der Waals surface area contributed by atoms with Crippen LogP contribution in [0.4, 0.5) is 5.69 Å². The van der Waals surface area contributed by atoms with E-state index in [1.54, 1.807) is 24.3 Å². The molecule has 28 heavy (non-hydrogen) atoms. The molecule has 11 heteroatoms. The predicted molar refractivity (Wildman–Crippen MR) is 102 cm³/mol. The minimum atomic E-state index is -4.03. The monoisotopic (exact) mass is 426 g/mol. The molecule has 1 aliphatic rings. The van der Waals surface area contributed by atoms with Crippen molar-refractivity contribution in [3.8, 4) is 11.5 Å². The number of benzene rings is 2. The van der Waals surface area contributed by atoms with Crippen molar-refractivity contribution in [2.45, 2.75) is 13.3 Å². The zero-order valence-electron chi connectivity index (χ0n) is 15.0. The number of amides is 1. The van der Waals surface area contributed by atoms with Crippen LogP contribution in [0.25, 0.3) is 0 Å². The standard InChI is InChI=1S/C17H18N2O7S2/c1-11-3-6-16(26-27(2,22)23)13(7-11)8-12-4-5-14(15(20)9-12)19-10-17(21)18-28(19,24)25/h3-7,9,20H,8,10H2,1-2H3,(H,18,21). The highest BCUT2D eigenvalue weighted by Gasteiger charge is 2.35. The van der Waals surface area contributed by atoms with Crippen molar-refractivity contribution in [3.63, 3.8) is 0 Å². The molecule has 0 aliphatic carbocycles. The Balaban J connectivity index is 1.92. The summed E-state index contributed by atoms with van der Waals surface area (Å²) in [6.07, 6.45) is 1.19. The van der Waals surface area contributed by atoms with E-state index in [-0.39, 0.29) is 23.6 Å². The van der Waals surface area contributed by atoms with E-state index in [4.69, 9.17) is 4.18 Å². The van der Waals surface area contributed by atoms with E-state index in [1.807, 2.05) is 11.6 Å². The van der Waals surface area contributed by atoms with E-state index in [0.717, 1.165) is 16.1 Å². The number of aryl methyl sites for hydroxylation is 1. The summed E-state index contributed by atoms with van der Waals surface area (Å²) in [6.45, 7) is 1.43. The Kier molecular flexibility index (Phi) is 4.98. The van der Waals surface area contributed by atoms with Gasteiger partial charge < -0.3 is 9.29 Å². The summed E-state index contributed by atoms with van der Waals surface area (Å²) in [5.41, 5.74) is 2.05. The molecule has 3 rings (SSSR count). The molecule has 2 aromatic carbocycles. The largest absolute Gasteiger partial charge is 0.506 e. The smallest absolute Gasteiger partial charge is 0.326 e. The molecular formula is C17H18N2O7S2. The molecule has 0 aromatic heterocycles. The number of hydrogen-bond donors (Lipinski definition) is 2. The van der Waals surface area contributed by atoms with Crippen molar-refractivity contribution in [2.24, 2.45) is 0 Å². The molecule has 1 heterocycles. The van der Waals surface area contributed by atoms with Crippen LogP contribution >= 0.6 is 0 Å². The summed E-state index contributed by atoms with van der Waals surface area (Å²) in [7, 11) is -7.74. The van der Waals surface area contributed by atoms with E-state index in [9.17, 15) is 26.7 Å². The molecule has 1 fully saturated rings. The molecule has 0 bridgehead atoms. The highest BCUT2D eigenvalue weighted by Crippen LogP contribution is 2.33. The molecule has 9 nitrogen and oxygen atoms in total. The van der Waals surface area contributed by atoms with Crippen molar-refractivity contribution in [2.75, 3.05) is 17.1 Å². The van der Waals surface area contributed by atoms with Crippen LogP contribution in [-0.2, 0) is 31.5 Å². The molecule has 0 unspecified atom stereocenters. The number of aromatic hydroxyl groups is 1. The van der Waals surface area contributed by atoms with Crippen LogP contribution in [0.1, 0.15) is 16.7 Å². The summed E-state index contributed by atoms with van der Waals surface area (Å²) < 4.78 is 54.4. The number of phenolic OH excluding ortho intramolecular Hbond substituents is 1. The van der Waals surface area contributed by atoms with Crippen molar-refractivity contribution in [1.29, 1.82) is 0 Å². The number of nitrogens with one attached hydrogen (secondary N) is 1. The zero-order chi connectivity index (χ0) is 20.7. The lowest BCUT2D eigenvalue weighted by Gasteiger charge is -2.17. The third-order valence-corrected chi connectivity index (χ3v) is 5.85. The second-order valence-electron chi connectivity index (χ2n) is 6.44. The van der Waals surface area contributed by atoms with Crippen LogP contribution in [0.2, 0.25) is 0 Å². The summed E-state index contributed by atoms with van der Waals surface area (Å²) >= 11 is 0. The maximum absolute atomic E-state index is 11.9. The molecule has 0 saturated carbocycles. The summed E-state index contributed by atoms with van der Waals surface area (Å²) in [6, 6.07) is 9.36. The minimum Gasteiger partial charge on any atom is -0.506 e. The van der Waals surface area contributed by atoms with Crippen molar-refractivity contribution in [1.82, 2.24) is 4.72 Å². The highest BCUT2D eigenvalue weighted by molar-refractivity contribution is 7.92. The van der Waals surface area contributed by atoms with Gasteiger partial charge in [0.2, 0.25) is 0 Å². The number of carbonyl (C=O) groups is 1. The number of nitrogens with zero attached hydrogens (tertiary/aromatic N) is 1. The van der Waals surface area contributed by atoms with Gasteiger partial charge in [0.25, 0.3) is 5.91 Å². The molecule has 0 spiro atoms. The van der Waals surface area contributed by atoms with E-state index in [2.05, 4.69) is 0 Å². The molecule has 0 radical (unpaired) electrons. The topological polar surface area (TPSA) is 130 Å². The van der Waals surface area contributed by atoms with Crippen molar-refractivity contribution in [3.05, 3.63) is 53.1 Å². The fourth-order valence-electron chi connectivity index (χ4n) is 2.86. The first-order valence-electron chi connectivity index (χ1n) is 8.09. The molecule has 1 amide bonds. The Morgan fingerprint density at radius 1 is 1.21 bits per heavy atom. The zero-order valence-corrected chi connectivity index (χ0v) is 16.7. The molecule has 0 atom stereocenters. The first-order valence-corrected chi connectivity index (χ1v) is 11.3. The maximum Gasteiger partial charge on any atom is 0.326 e. The lowest BCUT2D eigenvalue weighted by molar-refractivity contribution is -0.117. The van der Waals surface area contributed by atoms with Gasteiger partial charge in [-0.1, -0.05) is 23.8 Å². The van der Waals surface area contributed by atoms with Crippen LogP contribution < -0.4 is 13.2 Å². The number of anilines is 1. The average molecular weight is 426 g/mol. The van der Waals surface area contributed by atoms with Gasteiger partial charge in [-0.25, -0.2) is 9.03 Å². The Labute approximate surface area is 162 Å². The second kappa shape index (κ2) is 6.99. The second-order valence-corrected chi connectivity index (χ2v) is 9.61. The van der Waals surface area contributed by atoms with Gasteiger partial charge in [-0.05, 0) is 30.7 Å². The summed E-state index contributed by atoms with van der Waals surface area (Å²) in [4.78, 5) is 11.4. The molecule has 2 aromatic rings. The number of phenols is 1. The Hall–Kier alpha value is -2.79. The fourth-order valence-corrected chi connectivity index (χ4v) is 4.51. The molecule has 1 saturated heterocycles. The van der Waals surface area contributed by atoms with Crippen LogP contribution in [0.5, 0.6) is 11.5 Å². The molecule has 1 aliphatic heterocycles. The lowest BCUT2D eigenvalue weighted by atomic mass is 10.0. The van der Waals surface area contributed by atoms with Gasteiger partial charge >= 0.3 is 20.3 Å². The Morgan fingerprint density at radius 2 is 1.93 bits per heavy atom. The first-order chi connectivity index (χ1) is 12.9. The first kappa shape index (κ1) is 20.0. The van der Waals surface area contributed by atoms with Crippen LogP contribution in [0.15, 0.2) is 36.4 Å². The molecular weight excluding hydrogens is 408 g/mol. The third kappa shape index (κ3) is 4.37. The number of carbonyl (C=O) groups excluding carboxylic acids is 1. The van der Waals surface area contributed by atoms with Gasteiger partial charge in [-0.15, -0.1) is 0 Å². The lowest BCUT2D eigenvalue weighted by Crippen LogP contribution is -2.29. The van der Waals surface area contributed by atoms with Gasteiger partial charge in [-0.3, -0.25) is 4.79 Å². The Morgan fingerprint density at radius 3 is 2.50 bits per heavy atom. The highest BCUT2D eigenvalue weighted by atomic mass is 32.2. The van der Waals surface area contributed by atoms with Gasteiger partial charge in [0.1, 0.15) is 18.0 Å². The normalized spacial score (nSPS) is 16.1. The van der Waals surface area contributed by atoms with Gasteiger partial charge in [0.15, 0.2) is 0 Å². The van der Waals surface area contributed by atoms with E-state index < -0.39 is 32.8 Å². The van der Waals surface area contributed by atoms with Gasteiger partial charge in [0.05, 0.1) is 11.9 Å². The van der Waals surface area contributed by atoms with Crippen molar-refractivity contribution >= 4 is 31.9 Å². The quantitative estimate of drug-likeness (QED) is 0.677. The van der Waals surface area contributed by atoms with Gasteiger partial charge in [-0.2, -0.15) is 16.8 Å². The van der Waals surface area contributed by atoms with Crippen molar-refractivity contribution < 1.29 is 30.9 Å². The maximum atomic E-state index is 11.9. The van der Waals surface area contributed by atoms with E-state index in [0.29, 0.717) is 11.1 Å². The third-order valence-electron chi connectivity index (χ3n) is 3.98. The fraction of sp³-hybridized carbons (Fsp3) is 0.235. The minimum absolute atomic E-state index is 0.0287. The van der Waals surface area contributed by atoms with Crippen LogP contribution in [0.3, 0.4) is 0 Å². The van der Waals surface area contributed by atoms with E-state index in [1.165, 1.54) is 12.1 Å². The summed E-state index contributed by atoms with van der Waals surface area (Å²) in [5.74, 6) is -0.838. The van der Waals surface area contributed by atoms with Crippen LogP contribution in [-0.4, -0.2) is 40.6 Å². The van der Waals surface area contributed by atoms with Crippen LogP contribution in [0, 0.1) is 6.92 Å². The summed E-state index contributed by atoms with van der Waals surface area (Å²) in [5, 5.41) is 10.3. The number of hydrogen-bond acceptors (Lipinski definition) is 7. The van der Waals surface area contributed by atoms with E-state index >= 15 is 0 Å². The number of rotatable bonds is 5. The van der Waals surface area contributed by atoms with Gasteiger partial charge in [0, 0.05) is 12.0 Å². The molecule has 2 N–H and O–H groups in total. The molecule has 150 valence electrons. The predicted octanol–water partition coefficient (Wildman–Crippen LogP) is 0.811. The Bertz CT molecular complexity index is 1160. The SMILES string of the molecule is Cc1ccc(OS(C)(=O)=O)c(Cc2ccc(N3CC(=O)NS3(=O)=O)c(O)c2)c1.